The Labute approximate surface area is 116 Å². The number of nitrogens with one attached hydrogen (secondary N) is 1. The summed E-state index contributed by atoms with van der Waals surface area (Å²) in [5, 5.41) is 4.19. The number of hydrogen-bond acceptors (Lipinski definition) is 4. The topological polar surface area (TPSA) is 90.0 Å². The molecule has 0 aliphatic heterocycles. The Morgan fingerprint density at radius 2 is 2.21 bits per heavy atom. The van der Waals surface area contributed by atoms with Crippen LogP contribution in [0.2, 0.25) is 5.02 Å². The number of nitrogens with two attached hydrogens (primary N) is 1. The maximum absolute atomic E-state index is 12.1. The van der Waals surface area contributed by atoms with E-state index >= 15 is 0 Å². The normalized spacial score (nSPS) is 11.5. The second kappa shape index (κ2) is 5.10. The van der Waals surface area contributed by atoms with Crippen molar-refractivity contribution in [2.24, 2.45) is 0 Å². The Kier molecular flexibility index (Phi) is 3.68. The van der Waals surface area contributed by atoms with Gasteiger partial charge in [-0.3, -0.25) is 9.40 Å². The monoisotopic (exact) mass is 300 g/mol. The third kappa shape index (κ3) is 2.99. The van der Waals surface area contributed by atoms with E-state index in [9.17, 15) is 8.42 Å². The molecule has 8 heteroatoms. The first kappa shape index (κ1) is 13.7. The van der Waals surface area contributed by atoms with Crippen molar-refractivity contribution in [3.63, 3.8) is 0 Å². The molecule has 3 N–H and O–H groups in total. The number of rotatable bonds is 4. The smallest absolute Gasteiger partial charge is 0.262 e. The minimum Gasteiger partial charge on any atom is -0.398 e. The molecule has 0 saturated carbocycles. The third-order valence-electron chi connectivity index (χ3n) is 2.49. The lowest BCUT2D eigenvalue weighted by atomic mass is 10.3. The van der Waals surface area contributed by atoms with E-state index in [-0.39, 0.29) is 9.92 Å². The predicted molar refractivity (Wildman–Crippen MR) is 74.6 cm³/mol. The molecule has 0 unspecified atom stereocenters. The van der Waals surface area contributed by atoms with Crippen LogP contribution in [0, 0.1) is 0 Å². The van der Waals surface area contributed by atoms with Crippen LogP contribution in [-0.4, -0.2) is 18.2 Å². The number of benzene rings is 1. The first-order valence-electron chi connectivity index (χ1n) is 5.52. The van der Waals surface area contributed by atoms with Crippen LogP contribution >= 0.6 is 11.6 Å². The third-order valence-corrected chi connectivity index (χ3v) is 4.20. The van der Waals surface area contributed by atoms with E-state index in [2.05, 4.69) is 9.82 Å². The lowest BCUT2D eigenvalue weighted by Crippen LogP contribution is -2.12. The number of hydrogen-bond donors (Lipinski definition) is 2. The minimum absolute atomic E-state index is 0.0518. The molecule has 102 valence electrons. The average molecular weight is 301 g/mol. The molecule has 0 aliphatic rings. The first-order chi connectivity index (χ1) is 8.92. The fourth-order valence-corrected chi connectivity index (χ4v) is 2.78. The van der Waals surface area contributed by atoms with E-state index in [1.165, 1.54) is 24.4 Å². The van der Waals surface area contributed by atoms with Gasteiger partial charge in [-0.2, -0.15) is 5.10 Å². The molecule has 2 rings (SSSR count). The summed E-state index contributed by atoms with van der Waals surface area (Å²) in [5.41, 5.74) is 6.28. The number of halogens is 1. The highest BCUT2D eigenvalue weighted by Gasteiger charge is 2.16. The Morgan fingerprint density at radius 1 is 1.47 bits per heavy atom. The van der Waals surface area contributed by atoms with Crippen molar-refractivity contribution in [1.29, 1.82) is 0 Å². The minimum atomic E-state index is -3.69. The van der Waals surface area contributed by atoms with Gasteiger partial charge in [-0.25, -0.2) is 8.42 Å². The zero-order valence-electron chi connectivity index (χ0n) is 10.2. The van der Waals surface area contributed by atoms with Crippen LogP contribution < -0.4 is 10.5 Å². The van der Waals surface area contributed by atoms with Crippen LogP contribution in [0.1, 0.15) is 6.92 Å². The number of aryl methyl sites for hydroxylation is 1. The molecule has 0 amide bonds. The van der Waals surface area contributed by atoms with E-state index in [4.69, 9.17) is 17.3 Å². The van der Waals surface area contributed by atoms with Crippen LogP contribution in [-0.2, 0) is 16.6 Å². The zero-order valence-corrected chi connectivity index (χ0v) is 11.7. The summed E-state index contributed by atoms with van der Waals surface area (Å²) < 4.78 is 28.3. The number of anilines is 2. The molecule has 0 saturated heterocycles. The number of nitrogens with zero attached hydrogens (tertiary/aromatic N) is 2. The molecule has 0 fully saturated rings. The number of sulfonamides is 1. The SMILES string of the molecule is CCn1cc(NS(=O)(=O)c2ccc(N)c(Cl)c2)cn1. The molecule has 0 bridgehead atoms. The molecule has 0 radical (unpaired) electrons. The molecular weight excluding hydrogens is 288 g/mol. The Morgan fingerprint density at radius 3 is 2.79 bits per heavy atom. The van der Waals surface area contributed by atoms with Crippen molar-refractivity contribution in [2.75, 3.05) is 10.5 Å². The van der Waals surface area contributed by atoms with Gasteiger partial charge in [0.15, 0.2) is 0 Å². The summed E-state index contributed by atoms with van der Waals surface area (Å²) in [5.74, 6) is 0. The van der Waals surface area contributed by atoms with E-state index in [1.54, 1.807) is 10.9 Å². The summed E-state index contributed by atoms with van der Waals surface area (Å²) >= 11 is 5.82. The quantitative estimate of drug-likeness (QED) is 0.844. The van der Waals surface area contributed by atoms with Crippen LogP contribution in [0.5, 0.6) is 0 Å². The molecule has 0 aliphatic carbocycles. The molecule has 0 atom stereocenters. The summed E-state index contributed by atoms with van der Waals surface area (Å²) in [7, 11) is -3.69. The summed E-state index contributed by atoms with van der Waals surface area (Å²) in [6, 6.07) is 4.16. The van der Waals surface area contributed by atoms with Crippen molar-refractivity contribution in [3.05, 3.63) is 35.6 Å². The number of aromatic nitrogens is 2. The highest BCUT2D eigenvalue weighted by Crippen LogP contribution is 2.23. The highest BCUT2D eigenvalue weighted by molar-refractivity contribution is 7.92. The molecule has 19 heavy (non-hydrogen) atoms. The van der Waals surface area contributed by atoms with E-state index < -0.39 is 10.0 Å². The van der Waals surface area contributed by atoms with Gasteiger partial charge in [0.2, 0.25) is 0 Å². The van der Waals surface area contributed by atoms with Crippen LogP contribution in [0.4, 0.5) is 11.4 Å². The molecular formula is C11H13ClN4O2S. The maximum Gasteiger partial charge on any atom is 0.262 e. The standard InChI is InChI=1S/C11H13ClN4O2S/c1-2-16-7-8(6-14-16)15-19(17,18)9-3-4-11(13)10(12)5-9/h3-7,15H,2,13H2,1H3. The molecule has 0 spiro atoms. The fourth-order valence-electron chi connectivity index (χ4n) is 1.48. The van der Waals surface area contributed by atoms with Crippen molar-refractivity contribution in [2.45, 2.75) is 18.4 Å². The zero-order chi connectivity index (χ0) is 14.0. The van der Waals surface area contributed by atoms with Gasteiger partial charge in [-0.15, -0.1) is 0 Å². The van der Waals surface area contributed by atoms with Gasteiger partial charge >= 0.3 is 0 Å². The first-order valence-corrected chi connectivity index (χ1v) is 7.39. The van der Waals surface area contributed by atoms with Crippen molar-refractivity contribution in [1.82, 2.24) is 9.78 Å². The van der Waals surface area contributed by atoms with Crippen molar-refractivity contribution >= 4 is 33.0 Å². The molecule has 1 heterocycles. The molecule has 1 aromatic carbocycles. The van der Waals surface area contributed by atoms with Gasteiger partial charge in [-0.05, 0) is 25.1 Å². The van der Waals surface area contributed by atoms with Crippen molar-refractivity contribution < 1.29 is 8.42 Å². The van der Waals surface area contributed by atoms with Gasteiger partial charge in [-0.1, -0.05) is 11.6 Å². The van der Waals surface area contributed by atoms with E-state index in [0.29, 0.717) is 17.9 Å². The molecule has 1 aromatic heterocycles. The second-order valence-corrected chi connectivity index (χ2v) is 5.96. The van der Waals surface area contributed by atoms with Crippen LogP contribution in [0.15, 0.2) is 35.5 Å². The lowest BCUT2D eigenvalue weighted by molar-refractivity contribution is 0.601. The Hall–Kier alpha value is -1.73. The van der Waals surface area contributed by atoms with Gasteiger partial charge in [0.1, 0.15) is 0 Å². The largest absolute Gasteiger partial charge is 0.398 e. The fraction of sp³-hybridized carbons (Fsp3) is 0.182. The Balaban J connectivity index is 2.29. The summed E-state index contributed by atoms with van der Waals surface area (Å²) in [6.45, 7) is 2.57. The lowest BCUT2D eigenvalue weighted by Gasteiger charge is -2.07. The van der Waals surface area contributed by atoms with Gasteiger partial charge in [0.25, 0.3) is 10.0 Å². The Bertz CT molecular complexity index is 696. The van der Waals surface area contributed by atoms with E-state index in [0.717, 1.165) is 0 Å². The van der Waals surface area contributed by atoms with Gasteiger partial charge < -0.3 is 5.73 Å². The maximum atomic E-state index is 12.1. The predicted octanol–water partition coefficient (Wildman–Crippen LogP) is 1.94. The highest BCUT2D eigenvalue weighted by atomic mass is 35.5. The van der Waals surface area contributed by atoms with E-state index in [1.807, 2.05) is 6.92 Å². The molecule has 6 nitrogen and oxygen atoms in total. The van der Waals surface area contributed by atoms with Crippen LogP contribution in [0.3, 0.4) is 0 Å². The number of nitrogen functional groups attached to an aromatic ring is 1. The molecule has 2 aromatic rings. The van der Waals surface area contributed by atoms with Gasteiger partial charge in [0.05, 0.1) is 27.5 Å². The summed E-state index contributed by atoms with van der Waals surface area (Å²) in [6.07, 6.45) is 3.05. The average Bonchev–Trinajstić information content (AvgIpc) is 2.79. The summed E-state index contributed by atoms with van der Waals surface area (Å²) in [4.78, 5) is 0.0518. The van der Waals surface area contributed by atoms with Crippen molar-refractivity contribution in [3.8, 4) is 0 Å². The van der Waals surface area contributed by atoms with Gasteiger partial charge in [0, 0.05) is 12.7 Å². The second-order valence-electron chi connectivity index (χ2n) is 3.87. The van der Waals surface area contributed by atoms with Crippen LogP contribution in [0.25, 0.3) is 0 Å².